The second-order valence-electron chi connectivity index (χ2n) is 6.83. The number of hydrogen-bond donors (Lipinski definition) is 1. The van der Waals surface area contributed by atoms with E-state index in [-0.39, 0.29) is 11.6 Å². The summed E-state index contributed by atoms with van der Waals surface area (Å²) in [6.07, 6.45) is 0.455. The Morgan fingerprint density at radius 2 is 1.97 bits per heavy atom. The molecule has 31 heavy (non-hydrogen) atoms. The molecule has 10 heteroatoms. The summed E-state index contributed by atoms with van der Waals surface area (Å²) in [6, 6.07) is 5.14. The summed E-state index contributed by atoms with van der Waals surface area (Å²) in [4.78, 5) is 28.0. The number of halogens is 3. The Hall–Kier alpha value is -2.56. The molecule has 4 rings (SSSR count). The minimum Gasteiger partial charge on any atom is -0.378 e. The highest BCUT2D eigenvalue weighted by Crippen LogP contribution is 2.42. The van der Waals surface area contributed by atoms with Crippen LogP contribution in [0.4, 0.5) is 18.9 Å². The SMILES string of the molecule is O=C1Nc2cc(C(F)(F)F)ccc2S/C1=C\c1cc(/C=C/C(=O)N2CCOCC2)cs1. The average Bonchev–Trinajstić information content (AvgIpc) is 3.19. The highest BCUT2D eigenvalue weighted by atomic mass is 32.2. The minimum absolute atomic E-state index is 0.0774. The number of fused-ring (bicyclic) bond motifs is 1. The first-order valence-electron chi connectivity index (χ1n) is 9.35. The fraction of sp³-hybridized carbons (Fsp3) is 0.238. The van der Waals surface area contributed by atoms with Gasteiger partial charge in [0.25, 0.3) is 5.91 Å². The molecule has 1 fully saturated rings. The highest BCUT2D eigenvalue weighted by Gasteiger charge is 2.32. The molecule has 0 bridgehead atoms. The lowest BCUT2D eigenvalue weighted by Gasteiger charge is -2.25. The summed E-state index contributed by atoms with van der Waals surface area (Å²) < 4.78 is 43.9. The topological polar surface area (TPSA) is 58.6 Å². The number of thioether (sulfide) groups is 1. The molecular formula is C21H17F3N2O3S2. The van der Waals surface area contributed by atoms with Crippen LogP contribution in [-0.2, 0) is 20.5 Å². The molecule has 2 aliphatic heterocycles. The van der Waals surface area contributed by atoms with Gasteiger partial charge in [0.1, 0.15) is 0 Å². The van der Waals surface area contributed by atoms with Gasteiger partial charge < -0.3 is 15.0 Å². The van der Waals surface area contributed by atoms with Gasteiger partial charge in [-0.05, 0) is 47.4 Å². The zero-order valence-corrected chi connectivity index (χ0v) is 17.7. The van der Waals surface area contributed by atoms with Crippen LogP contribution in [-0.4, -0.2) is 43.0 Å². The molecule has 2 amide bonds. The summed E-state index contributed by atoms with van der Waals surface area (Å²) in [6.45, 7) is 2.22. The summed E-state index contributed by atoms with van der Waals surface area (Å²) in [7, 11) is 0. The molecule has 2 aliphatic rings. The van der Waals surface area contributed by atoms with Gasteiger partial charge >= 0.3 is 6.18 Å². The Labute approximate surface area is 184 Å². The first kappa shape index (κ1) is 21.7. The minimum atomic E-state index is -4.47. The molecule has 0 atom stereocenters. The number of carbonyl (C=O) groups excluding carboxylic acids is 2. The van der Waals surface area contributed by atoms with E-state index in [0.717, 1.165) is 34.3 Å². The predicted molar refractivity (Wildman–Crippen MR) is 115 cm³/mol. The van der Waals surface area contributed by atoms with Crippen molar-refractivity contribution in [1.29, 1.82) is 0 Å². The Morgan fingerprint density at radius 3 is 2.71 bits per heavy atom. The van der Waals surface area contributed by atoms with Crippen molar-refractivity contribution in [2.24, 2.45) is 0 Å². The quantitative estimate of drug-likeness (QED) is 0.665. The molecule has 0 radical (unpaired) electrons. The first-order valence-corrected chi connectivity index (χ1v) is 11.0. The number of ether oxygens (including phenoxy) is 1. The molecular weight excluding hydrogens is 449 g/mol. The van der Waals surface area contributed by atoms with Crippen molar-refractivity contribution in [2.45, 2.75) is 11.1 Å². The summed E-state index contributed by atoms with van der Waals surface area (Å²) in [5.41, 5.74) is 0.175. The largest absolute Gasteiger partial charge is 0.416 e. The lowest BCUT2D eigenvalue weighted by molar-refractivity contribution is -0.137. The number of thiophene rings is 1. The third-order valence-electron chi connectivity index (χ3n) is 4.65. The number of morpholine rings is 1. The van der Waals surface area contributed by atoms with Gasteiger partial charge in [-0.25, -0.2) is 0 Å². The molecule has 0 aliphatic carbocycles. The van der Waals surface area contributed by atoms with Gasteiger partial charge in [0.05, 0.1) is 29.4 Å². The number of benzene rings is 1. The van der Waals surface area contributed by atoms with Crippen LogP contribution in [0.25, 0.3) is 12.2 Å². The molecule has 1 aromatic heterocycles. The van der Waals surface area contributed by atoms with E-state index in [0.29, 0.717) is 36.1 Å². The second kappa shape index (κ2) is 8.89. The average molecular weight is 467 g/mol. The van der Waals surface area contributed by atoms with E-state index < -0.39 is 17.6 Å². The first-order chi connectivity index (χ1) is 14.8. The molecule has 1 N–H and O–H groups in total. The maximum Gasteiger partial charge on any atom is 0.416 e. The number of nitrogens with zero attached hydrogens (tertiary/aromatic N) is 1. The zero-order valence-electron chi connectivity index (χ0n) is 16.1. The fourth-order valence-corrected chi connectivity index (χ4v) is 4.86. The summed E-state index contributed by atoms with van der Waals surface area (Å²) >= 11 is 2.53. The number of rotatable bonds is 3. The smallest absolute Gasteiger partial charge is 0.378 e. The number of amides is 2. The normalized spacial score (nSPS) is 18.4. The van der Waals surface area contributed by atoms with E-state index in [9.17, 15) is 22.8 Å². The van der Waals surface area contributed by atoms with Crippen molar-refractivity contribution in [3.05, 3.63) is 56.6 Å². The van der Waals surface area contributed by atoms with Gasteiger partial charge in [-0.15, -0.1) is 11.3 Å². The summed E-state index contributed by atoms with van der Waals surface area (Å²) in [5, 5.41) is 4.39. The number of nitrogens with one attached hydrogen (secondary N) is 1. The maximum absolute atomic E-state index is 12.9. The van der Waals surface area contributed by atoms with Crippen molar-refractivity contribution in [2.75, 3.05) is 31.6 Å². The summed E-state index contributed by atoms with van der Waals surface area (Å²) in [5.74, 6) is -0.531. The standard InChI is InChI=1S/C21H17F3N2O3S2/c22-21(23,24)14-2-3-17-16(10-14)25-20(28)18(31-17)11-15-9-13(12-30-15)1-4-19(27)26-5-7-29-8-6-26/h1-4,9-12H,5-8H2,(H,25,28)/b4-1+,18-11-. The van der Waals surface area contributed by atoms with Gasteiger partial charge in [0.2, 0.25) is 5.91 Å². The molecule has 162 valence electrons. The number of alkyl halides is 3. The number of anilines is 1. The molecule has 0 saturated carbocycles. The molecule has 5 nitrogen and oxygen atoms in total. The fourth-order valence-electron chi connectivity index (χ4n) is 3.05. The zero-order chi connectivity index (χ0) is 22.0. The van der Waals surface area contributed by atoms with E-state index in [1.165, 1.54) is 23.5 Å². The van der Waals surface area contributed by atoms with E-state index in [1.807, 2.05) is 11.4 Å². The van der Waals surface area contributed by atoms with Gasteiger partial charge in [0.15, 0.2) is 0 Å². The molecule has 0 spiro atoms. The molecule has 1 aromatic carbocycles. The Balaban J connectivity index is 1.46. The van der Waals surface area contributed by atoms with Crippen molar-refractivity contribution < 1.29 is 27.5 Å². The van der Waals surface area contributed by atoms with Gasteiger partial charge in [-0.2, -0.15) is 13.2 Å². The number of hydrogen-bond acceptors (Lipinski definition) is 5. The molecule has 2 aromatic rings. The van der Waals surface area contributed by atoms with Gasteiger partial charge in [-0.3, -0.25) is 9.59 Å². The van der Waals surface area contributed by atoms with Crippen molar-refractivity contribution in [3.63, 3.8) is 0 Å². The Kier molecular flexibility index (Phi) is 6.22. The predicted octanol–water partition coefficient (Wildman–Crippen LogP) is 4.72. The Morgan fingerprint density at radius 1 is 1.19 bits per heavy atom. The molecule has 1 saturated heterocycles. The van der Waals surface area contributed by atoms with Crippen LogP contribution in [0.15, 0.2) is 45.5 Å². The van der Waals surface area contributed by atoms with Crippen molar-refractivity contribution in [3.8, 4) is 0 Å². The van der Waals surface area contributed by atoms with Gasteiger partial charge in [0, 0.05) is 28.9 Å². The van der Waals surface area contributed by atoms with Crippen LogP contribution in [0, 0.1) is 0 Å². The Bertz CT molecular complexity index is 1070. The van der Waals surface area contributed by atoms with E-state index in [2.05, 4.69) is 5.32 Å². The van der Waals surface area contributed by atoms with Crippen molar-refractivity contribution in [1.82, 2.24) is 4.90 Å². The van der Waals surface area contributed by atoms with Crippen LogP contribution in [0.5, 0.6) is 0 Å². The highest BCUT2D eigenvalue weighted by molar-refractivity contribution is 8.04. The van der Waals surface area contributed by atoms with E-state index >= 15 is 0 Å². The lowest BCUT2D eigenvalue weighted by atomic mass is 10.2. The van der Waals surface area contributed by atoms with Crippen molar-refractivity contribution >= 4 is 52.8 Å². The third-order valence-corrected chi connectivity index (χ3v) is 6.65. The van der Waals surface area contributed by atoms with Gasteiger partial charge in [-0.1, -0.05) is 11.8 Å². The monoisotopic (exact) mass is 466 g/mol. The van der Waals surface area contributed by atoms with E-state index in [4.69, 9.17) is 4.74 Å². The van der Waals surface area contributed by atoms with Crippen LogP contribution in [0.2, 0.25) is 0 Å². The van der Waals surface area contributed by atoms with Crippen LogP contribution in [0.1, 0.15) is 16.0 Å². The molecule has 0 unspecified atom stereocenters. The van der Waals surface area contributed by atoms with Crippen LogP contribution < -0.4 is 5.32 Å². The second-order valence-corrected chi connectivity index (χ2v) is 8.85. The molecule has 3 heterocycles. The number of carbonyl (C=O) groups is 2. The third kappa shape index (κ3) is 5.20. The lowest BCUT2D eigenvalue weighted by Crippen LogP contribution is -2.39. The maximum atomic E-state index is 12.9. The van der Waals surface area contributed by atoms with E-state index in [1.54, 1.807) is 17.1 Å². The van der Waals surface area contributed by atoms with Crippen LogP contribution >= 0.6 is 23.1 Å². The van der Waals surface area contributed by atoms with Crippen LogP contribution in [0.3, 0.4) is 0 Å².